The number of nitrogens with two attached hydrogens (primary N) is 1. The molecule has 0 radical (unpaired) electrons. The molecule has 0 saturated carbocycles. The van der Waals surface area contributed by atoms with Gasteiger partial charge in [0.25, 0.3) is 0 Å². The first-order chi connectivity index (χ1) is 9.16. The maximum absolute atomic E-state index is 13.0. The summed E-state index contributed by atoms with van der Waals surface area (Å²) < 4.78 is 13.0. The summed E-state index contributed by atoms with van der Waals surface area (Å²) in [6.45, 7) is 2.01. The number of nitrogens with one attached hydrogen (secondary N) is 1. The number of rotatable bonds is 2. The molecule has 0 aliphatic heterocycles. The summed E-state index contributed by atoms with van der Waals surface area (Å²) in [5, 5.41) is 1.12. The molecule has 19 heavy (non-hydrogen) atoms. The third-order valence-electron chi connectivity index (χ3n) is 3.48. The third-order valence-corrected chi connectivity index (χ3v) is 3.48. The number of hydrogen-bond acceptors (Lipinski definition) is 1. The largest absolute Gasteiger partial charge is 0.358 e. The van der Waals surface area contributed by atoms with Gasteiger partial charge in [-0.1, -0.05) is 30.3 Å². The van der Waals surface area contributed by atoms with Crippen LogP contribution in [0.1, 0.15) is 22.9 Å². The smallest absolute Gasteiger partial charge is 0.123 e. The number of fused-ring (bicyclic) bond motifs is 1. The molecule has 1 aromatic heterocycles. The summed E-state index contributed by atoms with van der Waals surface area (Å²) in [7, 11) is 0. The summed E-state index contributed by atoms with van der Waals surface area (Å²) in [6.07, 6.45) is 0. The minimum absolute atomic E-state index is 0.244. The summed E-state index contributed by atoms with van der Waals surface area (Å²) in [4.78, 5) is 3.34. The zero-order valence-corrected chi connectivity index (χ0v) is 10.7. The van der Waals surface area contributed by atoms with E-state index in [0.29, 0.717) is 0 Å². The molecule has 0 bridgehead atoms. The van der Waals surface area contributed by atoms with Crippen molar-refractivity contribution in [2.45, 2.75) is 13.0 Å². The van der Waals surface area contributed by atoms with Crippen LogP contribution in [0.4, 0.5) is 4.39 Å². The molecule has 1 unspecified atom stereocenters. The Kier molecular flexibility index (Phi) is 2.84. The van der Waals surface area contributed by atoms with Crippen LogP contribution in [0.2, 0.25) is 0 Å². The lowest BCUT2D eigenvalue weighted by atomic mass is 9.97. The Morgan fingerprint density at radius 2 is 1.74 bits per heavy atom. The van der Waals surface area contributed by atoms with Gasteiger partial charge in [-0.05, 0) is 30.7 Å². The Bertz CT molecular complexity index is 713. The first-order valence-electron chi connectivity index (χ1n) is 6.25. The molecule has 3 N–H and O–H groups in total. The van der Waals surface area contributed by atoms with Gasteiger partial charge < -0.3 is 10.7 Å². The highest BCUT2D eigenvalue weighted by Gasteiger charge is 2.16. The van der Waals surface area contributed by atoms with Gasteiger partial charge in [-0.3, -0.25) is 0 Å². The number of aryl methyl sites for hydroxylation is 1. The van der Waals surface area contributed by atoms with E-state index in [9.17, 15) is 4.39 Å². The van der Waals surface area contributed by atoms with Crippen molar-refractivity contribution in [1.82, 2.24) is 4.98 Å². The van der Waals surface area contributed by atoms with Crippen molar-refractivity contribution in [2.75, 3.05) is 0 Å². The van der Waals surface area contributed by atoms with E-state index in [1.165, 1.54) is 12.1 Å². The standard InChI is InChI=1S/C16H15FN2/c1-10-15(13-4-2-3-5-14(13)19-10)16(18)11-6-8-12(17)9-7-11/h2-9,16,19H,18H2,1H3. The van der Waals surface area contributed by atoms with Gasteiger partial charge in [0.1, 0.15) is 5.82 Å². The fraction of sp³-hybridized carbons (Fsp3) is 0.125. The zero-order chi connectivity index (χ0) is 13.4. The first-order valence-corrected chi connectivity index (χ1v) is 6.25. The average Bonchev–Trinajstić information content (AvgIpc) is 2.74. The Hall–Kier alpha value is -2.13. The number of para-hydroxylation sites is 1. The summed E-state index contributed by atoms with van der Waals surface area (Å²) in [6, 6.07) is 14.2. The Morgan fingerprint density at radius 3 is 2.47 bits per heavy atom. The van der Waals surface area contributed by atoms with Gasteiger partial charge in [-0.2, -0.15) is 0 Å². The molecular formula is C16H15FN2. The predicted octanol–water partition coefficient (Wildman–Crippen LogP) is 3.66. The number of halogens is 1. The fourth-order valence-electron chi connectivity index (χ4n) is 2.54. The van der Waals surface area contributed by atoms with E-state index in [2.05, 4.69) is 11.1 Å². The third kappa shape index (κ3) is 2.02. The molecule has 0 fully saturated rings. The zero-order valence-electron chi connectivity index (χ0n) is 10.7. The van der Waals surface area contributed by atoms with Gasteiger partial charge in [0, 0.05) is 22.2 Å². The van der Waals surface area contributed by atoms with E-state index < -0.39 is 0 Å². The molecule has 3 aromatic rings. The number of aromatic amines is 1. The minimum atomic E-state index is -0.253. The molecule has 0 amide bonds. The van der Waals surface area contributed by atoms with Crippen LogP contribution >= 0.6 is 0 Å². The second kappa shape index (κ2) is 4.52. The van der Waals surface area contributed by atoms with Gasteiger partial charge >= 0.3 is 0 Å². The molecule has 0 saturated heterocycles. The van der Waals surface area contributed by atoms with Crippen molar-refractivity contribution in [1.29, 1.82) is 0 Å². The topological polar surface area (TPSA) is 41.8 Å². The van der Waals surface area contributed by atoms with Gasteiger partial charge in [0.05, 0.1) is 6.04 Å². The summed E-state index contributed by atoms with van der Waals surface area (Å²) in [5.74, 6) is -0.244. The molecule has 1 heterocycles. The van der Waals surface area contributed by atoms with Gasteiger partial charge in [0.15, 0.2) is 0 Å². The molecule has 3 heteroatoms. The summed E-state index contributed by atoms with van der Waals surface area (Å²) in [5.41, 5.74) is 10.4. The number of H-pyrrole nitrogens is 1. The molecule has 96 valence electrons. The van der Waals surface area contributed by atoms with Crippen molar-refractivity contribution < 1.29 is 4.39 Å². The van der Waals surface area contributed by atoms with Crippen molar-refractivity contribution in [3.63, 3.8) is 0 Å². The molecule has 0 aliphatic carbocycles. The predicted molar refractivity (Wildman–Crippen MR) is 75.5 cm³/mol. The molecule has 3 rings (SSSR count). The van der Waals surface area contributed by atoms with Crippen molar-refractivity contribution in [3.05, 3.63) is 71.2 Å². The summed E-state index contributed by atoms with van der Waals surface area (Å²) >= 11 is 0. The van der Waals surface area contributed by atoms with Crippen molar-refractivity contribution in [3.8, 4) is 0 Å². The SMILES string of the molecule is Cc1[nH]c2ccccc2c1C(N)c1ccc(F)cc1. The number of benzene rings is 2. The Balaban J connectivity index is 2.13. The monoisotopic (exact) mass is 254 g/mol. The van der Waals surface area contributed by atoms with Crippen LogP contribution < -0.4 is 5.73 Å². The number of hydrogen-bond donors (Lipinski definition) is 2. The average molecular weight is 254 g/mol. The second-order valence-electron chi connectivity index (χ2n) is 4.74. The lowest BCUT2D eigenvalue weighted by molar-refractivity contribution is 0.626. The second-order valence-corrected chi connectivity index (χ2v) is 4.74. The van der Waals surface area contributed by atoms with Crippen LogP contribution in [0.25, 0.3) is 10.9 Å². The molecule has 1 atom stereocenters. The van der Waals surface area contributed by atoms with Crippen LogP contribution in [-0.2, 0) is 0 Å². The molecule has 2 nitrogen and oxygen atoms in total. The van der Waals surface area contributed by atoms with Crippen molar-refractivity contribution in [2.24, 2.45) is 5.73 Å². The van der Waals surface area contributed by atoms with Gasteiger partial charge in [-0.15, -0.1) is 0 Å². The Morgan fingerprint density at radius 1 is 1.05 bits per heavy atom. The van der Waals surface area contributed by atoms with Crippen LogP contribution in [0.3, 0.4) is 0 Å². The van der Waals surface area contributed by atoms with Crippen LogP contribution in [-0.4, -0.2) is 4.98 Å². The lowest BCUT2D eigenvalue weighted by Crippen LogP contribution is -2.12. The molecular weight excluding hydrogens is 239 g/mol. The van der Waals surface area contributed by atoms with E-state index in [-0.39, 0.29) is 11.9 Å². The van der Waals surface area contributed by atoms with Gasteiger partial charge in [-0.25, -0.2) is 4.39 Å². The quantitative estimate of drug-likeness (QED) is 0.720. The lowest BCUT2D eigenvalue weighted by Gasteiger charge is -2.13. The first kappa shape index (κ1) is 11.9. The van der Waals surface area contributed by atoms with E-state index in [4.69, 9.17) is 5.73 Å². The molecule has 0 spiro atoms. The van der Waals surface area contributed by atoms with E-state index in [0.717, 1.165) is 27.7 Å². The highest BCUT2D eigenvalue weighted by atomic mass is 19.1. The van der Waals surface area contributed by atoms with Crippen molar-refractivity contribution >= 4 is 10.9 Å². The normalized spacial score (nSPS) is 12.8. The van der Waals surface area contributed by atoms with Gasteiger partial charge in [0.2, 0.25) is 0 Å². The molecule has 0 aliphatic rings. The maximum atomic E-state index is 13.0. The van der Waals surface area contributed by atoms with Crippen LogP contribution in [0, 0.1) is 12.7 Å². The van der Waals surface area contributed by atoms with Crippen LogP contribution in [0.5, 0.6) is 0 Å². The number of aromatic nitrogens is 1. The maximum Gasteiger partial charge on any atom is 0.123 e. The molecule has 2 aromatic carbocycles. The minimum Gasteiger partial charge on any atom is -0.358 e. The van der Waals surface area contributed by atoms with Crippen LogP contribution in [0.15, 0.2) is 48.5 Å². The Labute approximate surface area is 111 Å². The van der Waals surface area contributed by atoms with E-state index in [1.54, 1.807) is 12.1 Å². The van der Waals surface area contributed by atoms with E-state index >= 15 is 0 Å². The van der Waals surface area contributed by atoms with E-state index in [1.807, 2.05) is 25.1 Å². The fourth-order valence-corrected chi connectivity index (χ4v) is 2.54. The highest BCUT2D eigenvalue weighted by molar-refractivity contribution is 5.85. The highest BCUT2D eigenvalue weighted by Crippen LogP contribution is 2.30.